The molecule has 1 atom stereocenters. The Morgan fingerprint density at radius 3 is 2.79 bits per heavy atom. The lowest BCUT2D eigenvalue weighted by Crippen LogP contribution is -2.28. The molecule has 0 saturated carbocycles. The van der Waals surface area contributed by atoms with Gasteiger partial charge < -0.3 is 10.3 Å². The van der Waals surface area contributed by atoms with Gasteiger partial charge in [-0.05, 0) is 13.0 Å². The normalized spacial score (nSPS) is 12.9. The number of rotatable bonds is 6. The van der Waals surface area contributed by atoms with E-state index in [-0.39, 0.29) is 11.6 Å². The second-order valence-corrected chi connectivity index (χ2v) is 6.53. The average molecular weight is 416 g/mol. The van der Waals surface area contributed by atoms with Crippen LogP contribution >= 0.6 is 11.6 Å². The van der Waals surface area contributed by atoms with E-state index in [4.69, 9.17) is 11.6 Å². The van der Waals surface area contributed by atoms with Crippen molar-refractivity contribution in [2.24, 2.45) is 0 Å². The summed E-state index contributed by atoms with van der Waals surface area (Å²) in [7, 11) is 0. The molecule has 0 amide bonds. The fourth-order valence-corrected chi connectivity index (χ4v) is 2.69. The number of carbonyl (C=O) groups excluding carboxylic acids is 1. The van der Waals surface area contributed by atoms with Crippen LogP contribution in [0.5, 0.6) is 0 Å². The summed E-state index contributed by atoms with van der Waals surface area (Å²) in [6.07, 6.45) is -2.44. The Hall–Kier alpha value is -2.75. The van der Waals surface area contributed by atoms with Gasteiger partial charge in [-0.2, -0.15) is 13.2 Å². The highest BCUT2D eigenvalue weighted by Crippen LogP contribution is 2.28. The van der Waals surface area contributed by atoms with E-state index in [9.17, 15) is 22.4 Å². The molecule has 0 radical (unpaired) electrons. The quantitative estimate of drug-likeness (QED) is 0.578. The maximum Gasteiger partial charge on any atom is 0.389 e. The number of carbonyl (C=O) groups is 1. The van der Waals surface area contributed by atoms with E-state index < -0.39 is 36.7 Å². The minimum Gasteiger partial charge on any atom is -0.358 e. The molecule has 3 aromatic heterocycles. The van der Waals surface area contributed by atoms with E-state index in [2.05, 4.69) is 25.3 Å². The number of halogens is 5. The zero-order valence-corrected chi connectivity index (χ0v) is 15.2. The molecule has 0 aliphatic heterocycles. The van der Waals surface area contributed by atoms with E-state index >= 15 is 0 Å². The third-order valence-electron chi connectivity index (χ3n) is 3.97. The second-order valence-electron chi connectivity index (χ2n) is 6.09. The minimum atomic E-state index is -4.44. The molecule has 3 rings (SSSR count). The van der Waals surface area contributed by atoms with Crippen molar-refractivity contribution in [3.8, 4) is 11.4 Å². The summed E-state index contributed by atoms with van der Waals surface area (Å²) in [6.45, 7) is 1.34. The zero-order valence-electron chi connectivity index (χ0n) is 14.4. The summed E-state index contributed by atoms with van der Waals surface area (Å²) >= 11 is 5.95. The maximum absolute atomic E-state index is 14.1. The number of fused-ring (bicyclic) bond motifs is 1. The summed E-state index contributed by atoms with van der Waals surface area (Å²) < 4.78 is 50.9. The van der Waals surface area contributed by atoms with Crippen LogP contribution in [0.15, 0.2) is 24.7 Å². The van der Waals surface area contributed by atoms with Gasteiger partial charge in [-0.1, -0.05) is 11.6 Å². The number of ketones is 1. The number of nitrogens with zero attached hydrogens (tertiary/aromatic N) is 3. The van der Waals surface area contributed by atoms with Crippen molar-refractivity contribution < 1.29 is 22.4 Å². The Morgan fingerprint density at radius 2 is 2.07 bits per heavy atom. The van der Waals surface area contributed by atoms with E-state index in [0.29, 0.717) is 21.6 Å². The number of Topliss-reactive ketones (excluding diaryl/α,β-unsaturated/α-hetero) is 1. The number of hydrogen-bond acceptors (Lipinski definition) is 5. The van der Waals surface area contributed by atoms with Crippen LogP contribution in [-0.4, -0.2) is 37.9 Å². The van der Waals surface area contributed by atoms with Gasteiger partial charge in [-0.15, -0.1) is 0 Å². The van der Waals surface area contributed by atoms with Gasteiger partial charge in [-0.25, -0.2) is 19.3 Å². The van der Waals surface area contributed by atoms with Crippen LogP contribution in [0.3, 0.4) is 0 Å². The van der Waals surface area contributed by atoms with Crippen molar-refractivity contribution in [1.29, 1.82) is 0 Å². The standard InChI is InChI=1S/C17H14ClF4N5O/c1-8(13(28)2-3-17(20,21)22)26-16-12(19)7-25-15(27-16)11-6-24-14-10(11)4-9(18)5-23-14/h4-8H,2-3H2,1H3,(H,23,24)(H,25,26,27)/t8-/m0/s1. The number of alkyl halides is 3. The van der Waals surface area contributed by atoms with Gasteiger partial charge in [0.1, 0.15) is 5.65 Å². The van der Waals surface area contributed by atoms with Gasteiger partial charge >= 0.3 is 6.18 Å². The lowest BCUT2D eigenvalue weighted by molar-refractivity contribution is -0.143. The third kappa shape index (κ3) is 4.56. The molecule has 0 fully saturated rings. The Kier molecular flexibility index (Phi) is 5.50. The third-order valence-corrected chi connectivity index (χ3v) is 4.18. The van der Waals surface area contributed by atoms with Gasteiger partial charge in [-0.3, -0.25) is 4.79 Å². The molecule has 28 heavy (non-hydrogen) atoms. The molecule has 2 N–H and O–H groups in total. The molecule has 0 bridgehead atoms. The molecular weight excluding hydrogens is 402 g/mol. The average Bonchev–Trinajstić information content (AvgIpc) is 3.03. The van der Waals surface area contributed by atoms with Gasteiger partial charge in [0, 0.05) is 29.8 Å². The lowest BCUT2D eigenvalue weighted by atomic mass is 10.1. The number of aromatic nitrogens is 4. The molecule has 3 aromatic rings. The van der Waals surface area contributed by atoms with E-state index in [0.717, 1.165) is 6.20 Å². The SMILES string of the molecule is C[C@H](Nc1nc(-c2c[nH]c3ncc(Cl)cc23)ncc1F)C(=O)CCC(F)(F)F. The number of H-pyrrole nitrogens is 1. The highest BCUT2D eigenvalue weighted by molar-refractivity contribution is 6.31. The van der Waals surface area contributed by atoms with Crippen LogP contribution in [0.1, 0.15) is 19.8 Å². The highest BCUT2D eigenvalue weighted by Gasteiger charge is 2.29. The maximum atomic E-state index is 14.1. The highest BCUT2D eigenvalue weighted by atomic mass is 35.5. The van der Waals surface area contributed by atoms with Crippen molar-refractivity contribution in [2.75, 3.05) is 5.32 Å². The summed E-state index contributed by atoms with van der Waals surface area (Å²) in [5, 5.41) is 3.51. The van der Waals surface area contributed by atoms with E-state index in [1.807, 2.05) is 0 Å². The van der Waals surface area contributed by atoms with E-state index in [1.54, 1.807) is 12.3 Å². The van der Waals surface area contributed by atoms with Crippen molar-refractivity contribution in [1.82, 2.24) is 19.9 Å². The number of nitrogens with one attached hydrogen (secondary N) is 2. The minimum absolute atomic E-state index is 0.133. The molecule has 0 aromatic carbocycles. The first-order valence-corrected chi connectivity index (χ1v) is 8.53. The van der Waals surface area contributed by atoms with Gasteiger partial charge in [0.05, 0.1) is 23.7 Å². The Morgan fingerprint density at radius 1 is 1.32 bits per heavy atom. The van der Waals surface area contributed by atoms with Gasteiger partial charge in [0.2, 0.25) is 0 Å². The smallest absolute Gasteiger partial charge is 0.358 e. The monoisotopic (exact) mass is 415 g/mol. The summed E-state index contributed by atoms with van der Waals surface area (Å²) in [4.78, 5) is 26.9. The molecule has 148 valence electrons. The number of aromatic amines is 1. The first-order chi connectivity index (χ1) is 13.1. The Balaban J connectivity index is 1.83. The van der Waals surface area contributed by atoms with E-state index in [1.165, 1.54) is 13.1 Å². The lowest BCUT2D eigenvalue weighted by Gasteiger charge is -2.15. The Labute approximate surface area is 161 Å². The first kappa shape index (κ1) is 20.0. The second kappa shape index (κ2) is 7.70. The fraction of sp³-hybridized carbons (Fsp3) is 0.294. The molecule has 0 saturated heterocycles. The zero-order chi connectivity index (χ0) is 20.5. The molecular formula is C17H14ClF4N5O. The van der Waals surface area contributed by atoms with Crippen molar-refractivity contribution >= 4 is 34.2 Å². The van der Waals surface area contributed by atoms with Crippen LogP contribution in [0, 0.1) is 5.82 Å². The largest absolute Gasteiger partial charge is 0.389 e. The van der Waals surface area contributed by atoms with Crippen LogP contribution in [-0.2, 0) is 4.79 Å². The predicted octanol–water partition coefficient (Wildman–Crippen LogP) is 4.52. The summed E-state index contributed by atoms with van der Waals surface area (Å²) in [5.41, 5.74) is 1.03. The van der Waals surface area contributed by atoms with Crippen LogP contribution in [0.4, 0.5) is 23.4 Å². The number of hydrogen-bond donors (Lipinski definition) is 2. The predicted molar refractivity (Wildman–Crippen MR) is 95.5 cm³/mol. The number of anilines is 1. The Bertz CT molecular complexity index is 1020. The summed E-state index contributed by atoms with van der Waals surface area (Å²) in [5.74, 6) is -1.70. The molecule has 0 unspecified atom stereocenters. The summed E-state index contributed by atoms with van der Waals surface area (Å²) in [6, 6.07) is 0.581. The van der Waals surface area contributed by atoms with Crippen molar-refractivity contribution in [2.45, 2.75) is 32.0 Å². The topological polar surface area (TPSA) is 83.6 Å². The van der Waals surface area contributed by atoms with Crippen molar-refractivity contribution in [3.63, 3.8) is 0 Å². The van der Waals surface area contributed by atoms with Gasteiger partial charge in [0.15, 0.2) is 23.2 Å². The first-order valence-electron chi connectivity index (χ1n) is 8.15. The molecule has 11 heteroatoms. The van der Waals surface area contributed by atoms with Gasteiger partial charge in [0.25, 0.3) is 0 Å². The van der Waals surface area contributed by atoms with Crippen LogP contribution in [0.25, 0.3) is 22.4 Å². The molecule has 0 spiro atoms. The molecule has 0 aliphatic carbocycles. The number of pyridine rings is 1. The molecule has 0 aliphatic rings. The molecule has 3 heterocycles. The van der Waals surface area contributed by atoms with Crippen LogP contribution < -0.4 is 5.32 Å². The molecule has 6 nitrogen and oxygen atoms in total. The fourth-order valence-electron chi connectivity index (χ4n) is 2.53. The van der Waals surface area contributed by atoms with Crippen LogP contribution in [0.2, 0.25) is 5.02 Å². The van der Waals surface area contributed by atoms with Crippen molar-refractivity contribution in [3.05, 3.63) is 35.5 Å².